The first-order chi connectivity index (χ1) is 13.4. The van der Waals surface area contributed by atoms with Crippen LogP contribution in [0.15, 0.2) is 18.2 Å². The molecule has 29 heavy (non-hydrogen) atoms. The molecule has 2 atom stereocenters. The van der Waals surface area contributed by atoms with Crippen LogP contribution in [0.25, 0.3) is 0 Å². The molecule has 164 valence electrons. The highest BCUT2D eigenvalue weighted by Gasteiger charge is 2.44. The first kappa shape index (κ1) is 25.1. The minimum Gasteiger partial charge on any atom is -0.508 e. The largest absolute Gasteiger partial charge is 0.508 e. The Labute approximate surface area is 171 Å². The maximum atomic E-state index is 10.7. The molecule has 0 fully saturated rings. The second-order valence-electron chi connectivity index (χ2n) is 6.79. The number of carbonyl (C=O) groups is 2. The van der Waals surface area contributed by atoms with Crippen molar-refractivity contribution in [3.05, 3.63) is 29.3 Å². The Bertz CT molecular complexity index is 722. The van der Waals surface area contributed by atoms with E-state index in [9.17, 15) is 23.1 Å². The van der Waals surface area contributed by atoms with Gasteiger partial charge in [0.2, 0.25) is 0 Å². The maximum Gasteiger partial charge on any atom is 0.490 e. The number of alkyl halides is 3. The lowest BCUT2D eigenvalue weighted by molar-refractivity contribution is -0.192. The molecule has 0 bridgehead atoms. The monoisotopic (exact) mass is 437 g/mol. The number of rotatable bonds is 6. The SMILES string of the molecule is CCC1(CC)c2cc(O)ccc2C[C@@H](SCCC(=O)O)[C@@H]1N.O=C(O)C(F)(F)F. The molecule has 0 unspecified atom stereocenters. The first-order valence-electron chi connectivity index (χ1n) is 9.10. The van der Waals surface area contributed by atoms with Crippen LogP contribution in [0.5, 0.6) is 5.75 Å². The number of halogens is 3. The van der Waals surface area contributed by atoms with Crippen molar-refractivity contribution in [3.63, 3.8) is 0 Å². The Morgan fingerprint density at radius 1 is 1.24 bits per heavy atom. The smallest absolute Gasteiger partial charge is 0.490 e. The minimum atomic E-state index is -5.08. The number of carboxylic acids is 2. The van der Waals surface area contributed by atoms with Crippen LogP contribution in [0, 0.1) is 0 Å². The van der Waals surface area contributed by atoms with E-state index in [0.29, 0.717) is 5.75 Å². The van der Waals surface area contributed by atoms with Crippen molar-refractivity contribution in [2.45, 2.75) is 62.4 Å². The molecular weight excluding hydrogens is 411 g/mol. The van der Waals surface area contributed by atoms with Crippen molar-refractivity contribution < 1.29 is 38.1 Å². The van der Waals surface area contributed by atoms with Gasteiger partial charge in [-0.25, -0.2) is 4.79 Å². The van der Waals surface area contributed by atoms with Gasteiger partial charge in [-0.3, -0.25) is 4.79 Å². The zero-order valence-corrected chi connectivity index (χ0v) is 17.0. The van der Waals surface area contributed by atoms with Crippen LogP contribution >= 0.6 is 11.8 Å². The standard InChI is InChI=1S/C17H25NO3S.C2HF3O2/c1-3-17(4-2)13-10-12(19)6-5-11(13)9-14(16(17)18)22-8-7-15(20)21;3-2(4,5)1(6)7/h5-6,10,14,16,19H,3-4,7-9,18H2,1-2H3,(H,20,21);(H,6,7)/t14-,16+;/m1./s1. The molecule has 5 N–H and O–H groups in total. The summed E-state index contributed by atoms with van der Waals surface area (Å²) < 4.78 is 31.7. The number of fused-ring (bicyclic) bond motifs is 1. The lowest BCUT2D eigenvalue weighted by atomic mass is 9.63. The molecule has 2 rings (SSSR count). The van der Waals surface area contributed by atoms with Gasteiger partial charge in [0.1, 0.15) is 5.75 Å². The van der Waals surface area contributed by atoms with Gasteiger partial charge in [0.05, 0.1) is 6.42 Å². The number of hydrogen-bond donors (Lipinski definition) is 4. The quantitative estimate of drug-likeness (QED) is 0.537. The van der Waals surface area contributed by atoms with E-state index < -0.39 is 18.1 Å². The number of nitrogens with two attached hydrogens (primary N) is 1. The summed E-state index contributed by atoms with van der Waals surface area (Å²) in [6.07, 6.45) is -2.25. The van der Waals surface area contributed by atoms with Crippen molar-refractivity contribution in [2.24, 2.45) is 5.73 Å². The molecular formula is C19H26F3NO5S. The molecule has 0 aromatic heterocycles. The van der Waals surface area contributed by atoms with Crippen molar-refractivity contribution in [1.82, 2.24) is 0 Å². The molecule has 6 nitrogen and oxygen atoms in total. The van der Waals surface area contributed by atoms with E-state index in [1.165, 1.54) is 11.1 Å². The lowest BCUT2D eigenvalue weighted by Gasteiger charge is -2.47. The van der Waals surface area contributed by atoms with Crippen molar-refractivity contribution in [3.8, 4) is 5.75 Å². The van der Waals surface area contributed by atoms with Gasteiger partial charge in [-0.2, -0.15) is 24.9 Å². The summed E-state index contributed by atoms with van der Waals surface area (Å²) >= 11 is 1.67. The lowest BCUT2D eigenvalue weighted by Crippen LogP contribution is -2.55. The molecule has 0 saturated heterocycles. The highest BCUT2D eigenvalue weighted by molar-refractivity contribution is 8.00. The molecule has 1 aliphatic rings. The molecule has 0 radical (unpaired) electrons. The molecule has 0 aliphatic heterocycles. The van der Waals surface area contributed by atoms with Gasteiger partial charge in [-0.1, -0.05) is 19.9 Å². The van der Waals surface area contributed by atoms with Gasteiger partial charge >= 0.3 is 18.1 Å². The van der Waals surface area contributed by atoms with E-state index in [1.54, 1.807) is 17.8 Å². The van der Waals surface area contributed by atoms with Gasteiger partial charge in [-0.15, -0.1) is 0 Å². The Balaban J connectivity index is 0.000000516. The maximum absolute atomic E-state index is 10.7. The number of hydrogen-bond acceptors (Lipinski definition) is 5. The van der Waals surface area contributed by atoms with Gasteiger partial charge in [0.15, 0.2) is 0 Å². The third-order valence-electron chi connectivity index (χ3n) is 5.24. The van der Waals surface area contributed by atoms with Crippen LogP contribution in [0.1, 0.15) is 44.2 Å². The summed E-state index contributed by atoms with van der Waals surface area (Å²) in [5, 5.41) is 26.0. The van der Waals surface area contributed by atoms with Gasteiger partial charge < -0.3 is 21.1 Å². The summed E-state index contributed by atoms with van der Waals surface area (Å²) in [5.74, 6) is -2.65. The Morgan fingerprint density at radius 3 is 2.24 bits per heavy atom. The minimum absolute atomic E-state index is 0.0319. The van der Waals surface area contributed by atoms with Crippen LogP contribution in [0.4, 0.5) is 13.2 Å². The van der Waals surface area contributed by atoms with E-state index in [2.05, 4.69) is 13.8 Å². The summed E-state index contributed by atoms with van der Waals surface area (Å²) in [7, 11) is 0. The zero-order valence-electron chi connectivity index (χ0n) is 16.2. The summed E-state index contributed by atoms with van der Waals surface area (Å²) in [5.41, 5.74) is 8.86. The third kappa shape index (κ3) is 6.27. The van der Waals surface area contributed by atoms with E-state index >= 15 is 0 Å². The second kappa shape index (κ2) is 10.2. The van der Waals surface area contributed by atoms with Crippen LogP contribution < -0.4 is 5.73 Å². The van der Waals surface area contributed by atoms with Crippen LogP contribution in [0.3, 0.4) is 0 Å². The van der Waals surface area contributed by atoms with Crippen LogP contribution in [-0.2, 0) is 21.4 Å². The summed E-state index contributed by atoms with van der Waals surface area (Å²) in [4.78, 5) is 19.6. The molecule has 0 saturated carbocycles. The van der Waals surface area contributed by atoms with Crippen LogP contribution in [0.2, 0.25) is 0 Å². The fourth-order valence-corrected chi connectivity index (χ4v) is 5.01. The first-order valence-corrected chi connectivity index (χ1v) is 10.1. The number of benzene rings is 1. The van der Waals surface area contributed by atoms with Crippen molar-refractivity contribution in [1.29, 1.82) is 0 Å². The highest BCUT2D eigenvalue weighted by atomic mass is 32.2. The third-order valence-corrected chi connectivity index (χ3v) is 6.57. The van der Waals surface area contributed by atoms with Gasteiger partial charge in [0.25, 0.3) is 0 Å². The van der Waals surface area contributed by atoms with Crippen molar-refractivity contribution >= 4 is 23.7 Å². The number of phenolic OH excluding ortho intramolecular Hbond substituents is 1. The molecule has 0 spiro atoms. The Morgan fingerprint density at radius 2 is 1.79 bits per heavy atom. The second-order valence-corrected chi connectivity index (χ2v) is 8.14. The molecule has 1 aliphatic carbocycles. The predicted octanol–water partition coefficient (Wildman–Crippen LogP) is 3.54. The average Bonchev–Trinajstić information content (AvgIpc) is 2.63. The number of thioether (sulfide) groups is 1. The summed E-state index contributed by atoms with van der Waals surface area (Å²) in [6.45, 7) is 4.28. The van der Waals surface area contributed by atoms with E-state index in [0.717, 1.165) is 19.3 Å². The normalized spacial score (nSPS) is 20.2. The average molecular weight is 437 g/mol. The van der Waals surface area contributed by atoms with Crippen LogP contribution in [-0.4, -0.2) is 50.5 Å². The fourth-order valence-electron chi connectivity index (χ4n) is 3.65. The predicted molar refractivity (Wildman–Crippen MR) is 104 cm³/mol. The fraction of sp³-hybridized carbons (Fsp3) is 0.579. The Hall–Kier alpha value is -1.94. The van der Waals surface area contributed by atoms with Gasteiger partial charge in [0, 0.05) is 22.5 Å². The number of aliphatic carboxylic acids is 2. The molecule has 1 aromatic rings. The highest BCUT2D eigenvalue weighted by Crippen LogP contribution is 2.46. The zero-order chi connectivity index (χ0) is 22.4. The number of phenols is 1. The van der Waals surface area contributed by atoms with E-state index in [-0.39, 0.29) is 28.9 Å². The Kier molecular flexibility index (Phi) is 8.83. The summed E-state index contributed by atoms with van der Waals surface area (Å²) in [6, 6.07) is 5.54. The van der Waals surface area contributed by atoms with Gasteiger partial charge in [-0.05, 0) is 42.5 Å². The van der Waals surface area contributed by atoms with E-state index in [4.69, 9.17) is 20.7 Å². The molecule has 10 heteroatoms. The number of carboxylic acid groups (broad SMARTS) is 2. The van der Waals surface area contributed by atoms with E-state index in [1.807, 2.05) is 12.1 Å². The topological polar surface area (TPSA) is 121 Å². The molecule has 1 aromatic carbocycles. The number of aromatic hydroxyl groups is 1. The molecule has 0 amide bonds. The van der Waals surface area contributed by atoms with Crippen molar-refractivity contribution in [2.75, 3.05) is 5.75 Å². The molecule has 0 heterocycles.